The summed E-state index contributed by atoms with van der Waals surface area (Å²) in [5, 5.41) is 1.99. The Labute approximate surface area is 87.3 Å². The van der Waals surface area contributed by atoms with Crippen molar-refractivity contribution in [3.05, 3.63) is 21.9 Å². The van der Waals surface area contributed by atoms with Crippen molar-refractivity contribution >= 4 is 17.2 Å². The molecule has 0 N–H and O–H groups in total. The summed E-state index contributed by atoms with van der Waals surface area (Å²) in [7, 11) is 1.66. The fraction of sp³-hybridized carbons (Fsp3) is 0.500. The number of fused-ring (bicyclic) bond motifs is 1. The second-order valence-electron chi connectivity index (χ2n) is 3.29. The van der Waals surface area contributed by atoms with Gasteiger partial charge in [-0.05, 0) is 11.4 Å². The van der Waals surface area contributed by atoms with Crippen molar-refractivity contribution in [1.29, 1.82) is 0 Å². The highest BCUT2D eigenvalue weighted by molar-refractivity contribution is 7.10. The van der Waals surface area contributed by atoms with Crippen molar-refractivity contribution in [1.82, 2.24) is 4.90 Å². The van der Waals surface area contributed by atoms with Gasteiger partial charge in [0.25, 0.3) is 5.91 Å². The second-order valence-corrected chi connectivity index (χ2v) is 4.29. The molecule has 1 aliphatic heterocycles. The summed E-state index contributed by atoms with van der Waals surface area (Å²) in [4.78, 5) is 14.9. The molecule has 2 heterocycles. The fourth-order valence-corrected chi connectivity index (χ4v) is 2.51. The third-order valence-electron chi connectivity index (χ3n) is 2.44. The van der Waals surface area contributed by atoms with Crippen LogP contribution in [0.4, 0.5) is 0 Å². The highest BCUT2D eigenvalue weighted by Crippen LogP contribution is 2.23. The highest BCUT2D eigenvalue weighted by atomic mass is 32.1. The van der Waals surface area contributed by atoms with E-state index in [4.69, 9.17) is 4.74 Å². The molecule has 0 bridgehead atoms. The van der Waals surface area contributed by atoms with Gasteiger partial charge in [-0.1, -0.05) is 0 Å². The summed E-state index contributed by atoms with van der Waals surface area (Å²) in [6.07, 6.45) is 0.989. The maximum Gasteiger partial charge on any atom is 0.255 e. The predicted octanol–water partition coefficient (Wildman–Crippen LogP) is 1.39. The van der Waals surface area contributed by atoms with E-state index >= 15 is 0 Å². The van der Waals surface area contributed by atoms with Crippen LogP contribution in [0.25, 0.3) is 0 Å². The lowest BCUT2D eigenvalue weighted by Crippen LogP contribution is -2.38. The van der Waals surface area contributed by atoms with Crippen molar-refractivity contribution in [2.75, 3.05) is 26.8 Å². The van der Waals surface area contributed by atoms with Gasteiger partial charge in [-0.2, -0.15) is 0 Å². The molecule has 14 heavy (non-hydrogen) atoms. The highest BCUT2D eigenvalue weighted by Gasteiger charge is 2.24. The van der Waals surface area contributed by atoms with Crippen LogP contribution < -0.4 is 0 Å². The van der Waals surface area contributed by atoms with Gasteiger partial charge in [-0.15, -0.1) is 11.3 Å². The monoisotopic (exact) mass is 211 g/mol. The molecule has 0 unspecified atom stereocenters. The predicted molar refractivity (Wildman–Crippen MR) is 55.8 cm³/mol. The molecule has 0 radical (unpaired) electrons. The van der Waals surface area contributed by atoms with Crippen LogP contribution in [0.15, 0.2) is 11.4 Å². The van der Waals surface area contributed by atoms with E-state index in [1.807, 2.05) is 16.3 Å². The standard InChI is InChI=1S/C10H13NO2S/c1-13-6-5-11-4-2-9-8(10(11)12)3-7-14-9/h3,7H,2,4-6H2,1H3. The molecular formula is C10H13NO2S. The van der Waals surface area contributed by atoms with Crippen LogP contribution in [-0.2, 0) is 11.2 Å². The van der Waals surface area contributed by atoms with E-state index in [1.54, 1.807) is 18.4 Å². The van der Waals surface area contributed by atoms with Crippen molar-refractivity contribution in [2.24, 2.45) is 0 Å². The summed E-state index contributed by atoms with van der Waals surface area (Å²) in [6.45, 7) is 2.14. The molecule has 2 rings (SSSR count). The van der Waals surface area contributed by atoms with Crippen molar-refractivity contribution in [3.63, 3.8) is 0 Å². The Hall–Kier alpha value is -0.870. The minimum Gasteiger partial charge on any atom is -0.383 e. The van der Waals surface area contributed by atoms with Crippen molar-refractivity contribution in [3.8, 4) is 0 Å². The topological polar surface area (TPSA) is 29.5 Å². The molecule has 0 saturated carbocycles. The Balaban J connectivity index is 2.09. The molecule has 1 aromatic heterocycles. The number of hydrogen-bond donors (Lipinski definition) is 0. The minimum absolute atomic E-state index is 0.157. The Morgan fingerprint density at radius 3 is 3.29 bits per heavy atom. The number of hydrogen-bond acceptors (Lipinski definition) is 3. The summed E-state index contributed by atoms with van der Waals surface area (Å²) in [5.74, 6) is 0.157. The van der Waals surface area contributed by atoms with Crippen LogP contribution in [0.1, 0.15) is 15.2 Å². The first-order chi connectivity index (χ1) is 6.83. The van der Waals surface area contributed by atoms with E-state index < -0.39 is 0 Å². The lowest BCUT2D eigenvalue weighted by atomic mass is 10.1. The summed E-state index contributed by atoms with van der Waals surface area (Å²) in [6, 6.07) is 1.92. The summed E-state index contributed by atoms with van der Waals surface area (Å²) < 4.78 is 4.97. The molecule has 0 spiro atoms. The van der Waals surface area contributed by atoms with Crippen LogP contribution in [-0.4, -0.2) is 37.6 Å². The van der Waals surface area contributed by atoms with Gasteiger partial charge in [-0.25, -0.2) is 0 Å². The Kier molecular flexibility index (Phi) is 2.84. The first-order valence-corrected chi connectivity index (χ1v) is 5.55. The normalized spacial score (nSPS) is 15.8. The SMILES string of the molecule is COCCN1CCc2sccc2C1=O. The molecule has 1 aliphatic rings. The molecule has 0 atom stereocenters. The number of amides is 1. The van der Waals surface area contributed by atoms with Gasteiger partial charge in [0, 0.05) is 31.5 Å². The zero-order chi connectivity index (χ0) is 9.97. The molecule has 4 heteroatoms. The number of nitrogens with zero attached hydrogens (tertiary/aromatic N) is 1. The van der Waals surface area contributed by atoms with E-state index in [1.165, 1.54) is 4.88 Å². The van der Waals surface area contributed by atoms with E-state index in [0.717, 1.165) is 18.5 Å². The molecule has 76 valence electrons. The third kappa shape index (κ3) is 1.67. The zero-order valence-corrected chi connectivity index (χ0v) is 8.97. The van der Waals surface area contributed by atoms with E-state index in [9.17, 15) is 4.79 Å². The van der Waals surface area contributed by atoms with Gasteiger partial charge >= 0.3 is 0 Å². The van der Waals surface area contributed by atoms with Crippen molar-refractivity contribution in [2.45, 2.75) is 6.42 Å². The summed E-state index contributed by atoms with van der Waals surface area (Å²) >= 11 is 1.68. The largest absolute Gasteiger partial charge is 0.383 e. The second kappa shape index (κ2) is 4.11. The zero-order valence-electron chi connectivity index (χ0n) is 8.16. The van der Waals surface area contributed by atoms with Gasteiger partial charge in [0.15, 0.2) is 0 Å². The smallest absolute Gasteiger partial charge is 0.255 e. The molecule has 1 amide bonds. The first-order valence-electron chi connectivity index (χ1n) is 4.67. The van der Waals surface area contributed by atoms with Crippen LogP contribution in [0.5, 0.6) is 0 Å². The lowest BCUT2D eigenvalue weighted by Gasteiger charge is -2.26. The molecule has 3 nitrogen and oxygen atoms in total. The molecule has 0 fully saturated rings. The van der Waals surface area contributed by atoms with Crippen LogP contribution in [0.3, 0.4) is 0 Å². The maximum atomic E-state index is 11.9. The average Bonchev–Trinajstić information content (AvgIpc) is 2.66. The maximum absolute atomic E-state index is 11.9. The number of carbonyl (C=O) groups excluding carboxylic acids is 1. The third-order valence-corrected chi connectivity index (χ3v) is 3.42. The molecule has 1 aromatic rings. The Bertz CT molecular complexity index is 335. The van der Waals surface area contributed by atoms with E-state index in [0.29, 0.717) is 13.2 Å². The van der Waals surface area contributed by atoms with Gasteiger partial charge in [0.1, 0.15) is 0 Å². The number of rotatable bonds is 3. The van der Waals surface area contributed by atoms with E-state index in [-0.39, 0.29) is 5.91 Å². The molecular weight excluding hydrogens is 198 g/mol. The number of thiophene rings is 1. The fourth-order valence-electron chi connectivity index (χ4n) is 1.65. The Morgan fingerprint density at radius 1 is 1.64 bits per heavy atom. The molecule has 0 aromatic carbocycles. The first kappa shape index (κ1) is 9.68. The average molecular weight is 211 g/mol. The quantitative estimate of drug-likeness (QED) is 0.756. The molecule has 0 saturated heterocycles. The van der Waals surface area contributed by atoms with Gasteiger partial charge in [0.2, 0.25) is 0 Å². The van der Waals surface area contributed by atoms with Crippen LogP contribution in [0.2, 0.25) is 0 Å². The van der Waals surface area contributed by atoms with Gasteiger partial charge < -0.3 is 9.64 Å². The number of ether oxygens (including phenoxy) is 1. The molecule has 0 aliphatic carbocycles. The van der Waals surface area contributed by atoms with Crippen LogP contribution in [0, 0.1) is 0 Å². The minimum atomic E-state index is 0.157. The van der Waals surface area contributed by atoms with Crippen molar-refractivity contribution < 1.29 is 9.53 Å². The Morgan fingerprint density at radius 2 is 2.50 bits per heavy atom. The van der Waals surface area contributed by atoms with Crippen LogP contribution >= 0.6 is 11.3 Å². The lowest BCUT2D eigenvalue weighted by molar-refractivity contribution is 0.0681. The van der Waals surface area contributed by atoms with Gasteiger partial charge in [-0.3, -0.25) is 4.79 Å². The number of methoxy groups -OCH3 is 1. The van der Waals surface area contributed by atoms with Gasteiger partial charge in [0.05, 0.1) is 12.2 Å². The summed E-state index contributed by atoms with van der Waals surface area (Å²) in [5.41, 5.74) is 0.886. The van der Waals surface area contributed by atoms with E-state index in [2.05, 4.69) is 0 Å². The number of carbonyl (C=O) groups is 1.